The number of halogens is 4. The smallest absolute Gasteiger partial charge is 0.422 e. The minimum Gasteiger partial charge on any atom is -0.468 e. The fraction of sp³-hybridized carbons (Fsp3) is 0.538. The fourth-order valence-electron chi connectivity index (χ4n) is 1.55. The predicted octanol–water partition coefficient (Wildman–Crippen LogP) is 2.08. The summed E-state index contributed by atoms with van der Waals surface area (Å²) in [6.07, 6.45) is -3.05. The zero-order valence-electron chi connectivity index (χ0n) is 12.8. The number of hydrogen-bond donors (Lipinski definition) is 2. The largest absolute Gasteiger partial charge is 0.468 e. The molecule has 0 aliphatic rings. The molecule has 1 unspecified atom stereocenters. The van der Waals surface area contributed by atoms with Crippen LogP contribution in [0.1, 0.15) is 12.5 Å². The van der Waals surface area contributed by atoms with Crippen molar-refractivity contribution in [3.63, 3.8) is 0 Å². The summed E-state index contributed by atoms with van der Waals surface area (Å²) in [6.45, 7) is 1.16. The average molecular weight is 448 g/mol. The van der Waals surface area contributed by atoms with Gasteiger partial charge in [-0.3, -0.25) is 0 Å². The number of guanidine groups is 1. The van der Waals surface area contributed by atoms with E-state index in [1.807, 2.05) is 6.92 Å². The minimum absolute atomic E-state index is 0. The van der Waals surface area contributed by atoms with Crippen LogP contribution in [0, 0.1) is 0 Å². The highest BCUT2D eigenvalue weighted by molar-refractivity contribution is 14.0. The Bertz CT molecular complexity index is 500. The van der Waals surface area contributed by atoms with Crippen LogP contribution in [0.25, 0.3) is 0 Å². The van der Waals surface area contributed by atoms with Gasteiger partial charge in [0.1, 0.15) is 0 Å². The van der Waals surface area contributed by atoms with Gasteiger partial charge in [-0.25, -0.2) is 9.98 Å². The quantitative estimate of drug-likeness (QED) is 0.380. The molecule has 6 nitrogen and oxygen atoms in total. The van der Waals surface area contributed by atoms with Crippen LogP contribution in [0.3, 0.4) is 0 Å². The van der Waals surface area contributed by atoms with Crippen LogP contribution >= 0.6 is 24.0 Å². The summed E-state index contributed by atoms with van der Waals surface area (Å²) in [5.74, 6) is 0.114. The van der Waals surface area contributed by atoms with Crippen LogP contribution in [0.15, 0.2) is 23.3 Å². The Morgan fingerprint density at radius 2 is 2.17 bits per heavy atom. The summed E-state index contributed by atoms with van der Waals surface area (Å²) in [4.78, 5) is 7.80. The van der Waals surface area contributed by atoms with Crippen molar-refractivity contribution < 1.29 is 22.6 Å². The first-order valence-electron chi connectivity index (χ1n) is 6.50. The van der Waals surface area contributed by atoms with Crippen molar-refractivity contribution in [2.75, 3.05) is 20.3 Å². The number of aromatic nitrogens is 1. The molecule has 0 saturated carbocycles. The lowest BCUT2D eigenvalue weighted by molar-refractivity contribution is -0.154. The number of nitrogens with one attached hydrogen (secondary N) is 1. The van der Waals surface area contributed by atoms with Gasteiger partial charge in [0.05, 0.1) is 13.2 Å². The van der Waals surface area contributed by atoms with Gasteiger partial charge in [-0.1, -0.05) is 0 Å². The molecule has 132 valence electrons. The van der Waals surface area contributed by atoms with Crippen molar-refractivity contribution >= 4 is 29.9 Å². The summed E-state index contributed by atoms with van der Waals surface area (Å²) in [5.41, 5.74) is 6.33. The SMILES string of the molecule is COCC(C)NC(N)=NCc1ccnc(OCC(F)(F)F)c1.I. The Kier molecular flexibility index (Phi) is 9.88. The average Bonchev–Trinajstić information content (AvgIpc) is 2.43. The molecular weight excluding hydrogens is 428 g/mol. The topological polar surface area (TPSA) is 81.8 Å². The first-order chi connectivity index (χ1) is 10.3. The number of nitrogens with zero attached hydrogens (tertiary/aromatic N) is 2. The molecule has 1 aromatic heterocycles. The third-order valence-corrected chi connectivity index (χ3v) is 2.43. The second-order valence-corrected chi connectivity index (χ2v) is 4.61. The Balaban J connectivity index is 0.00000484. The van der Waals surface area contributed by atoms with Crippen LogP contribution in [0.4, 0.5) is 13.2 Å². The maximum Gasteiger partial charge on any atom is 0.422 e. The number of rotatable bonds is 7. The number of ether oxygens (including phenoxy) is 2. The third kappa shape index (κ3) is 10.2. The molecule has 0 saturated heterocycles. The summed E-state index contributed by atoms with van der Waals surface area (Å²) >= 11 is 0. The second kappa shape index (κ2) is 10.5. The molecule has 0 spiro atoms. The van der Waals surface area contributed by atoms with Gasteiger partial charge in [0, 0.05) is 25.4 Å². The van der Waals surface area contributed by atoms with Crippen LogP contribution in [-0.4, -0.2) is 43.5 Å². The standard InChI is InChI=1S/C13H19F3N4O2.HI/c1-9(7-21-2)20-12(17)19-6-10-3-4-18-11(5-10)22-8-13(14,15)16;/h3-5,9H,6-8H2,1-2H3,(H3,17,19,20);1H. The van der Waals surface area contributed by atoms with E-state index in [0.29, 0.717) is 12.2 Å². The van der Waals surface area contributed by atoms with Gasteiger partial charge in [0.15, 0.2) is 12.6 Å². The molecule has 3 N–H and O–H groups in total. The fourth-order valence-corrected chi connectivity index (χ4v) is 1.55. The second-order valence-electron chi connectivity index (χ2n) is 4.61. The normalized spacial score (nSPS) is 13.2. The number of alkyl halides is 3. The van der Waals surface area contributed by atoms with Gasteiger partial charge in [0.25, 0.3) is 0 Å². The molecule has 0 fully saturated rings. The number of methoxy groups -OCH3 is 1. The minimum atomic E-state index is -4.40. The Morgan fingerprint density at radius 1 is 1.48 bits per heavy atom. The van der Waals surface area contributed by atoms with Crippen molar-refractivity contribution in [3.05, 3.63) is 23.9 Å². The highest BCUT2D eigenvalue weighted by atomic mass is 127. The van der Waals surface area contributed by atoms with E-state index in [1.54, 1.807) is 13.2 Å². The summed E-state index contributed by atoms with van der Waals surface area (Å²) in [6, 6.07) is 3.01. The zero-order chi connectivity index (χ0) is 16.6. The molecule has 10 heteroatoms. The molecule has 1 heterocycles. The lowest BCUT2D eigenvalue weighted by Crippen LogP contribution is -2.40. The van der Waals surface area contributed by atoms with E-state index in [9.17, 15) is 13.2 Å². The van der Waals surface area contributed by atoms with Crippen molar-refractivity contribution in [2.45, 2.75) is 25.7 Å². The van der Waals surface area contributed by atoms with Gasteiger partial charge < -0.3 is 20.5 Å². The maximum absolute atomic E-state index is 12.1. The van der Waals surface area contributed by atoms with E-state index in [4.69, 9.17) is 10.5 Å². The number of aliphatic imine (C=N–C) groups is 1. The molecule has 0 aliphatic heterocycles. The highest BCUT2D eigenvalue weighted by Gasteiger charge is 2.28. The molecule has 1 aromatic rings. The van der Waals surface area contributed by atoms with E-state index >= 15 is 0 Å². The van der Waals surface area contributed by atoms with Crippen LogP contribution in [-0.2, 0) is 11.3 Å². The molecule has 23 heavy (non-hydrogen) atoms. The Labute approximate surface area is 149 Å². The van der Waals surface area contributed by atoms with Crippen molar-refractivity contribution in [3.8, 4) is 5.88 Å². The number of hydrogen-bond acceptors (Lipinski definition) is 4. The third-order valence-electron chi connectivity index (χ3n) is 2.43. The van der Waals surface area contributed by atoms with Crippen LogP contribution in [0.5, 0.6) is 5.88 Å². The molecule has 0 radical (unpaired) electrons. The molecular formula is C13H20F3IN4O2. The lowest BCUT2D eigenvalue weighted by Gasteiger charge is -2.13. The monoisotopic (exact) mass is 448 g/mol. The molecule has 0 aromatic carbocycles. The van der Waals surface area contributed by atoms with E-state index in [0.717, 1.165) is 0 Å². The van der Waals surface area contributed by atoms with E-state index in [2.05, 4.69) is 20.0 Å². The Hall–Kier alpha value is -1.30. The van der Waals surface area contributed by atoms with Gasteiger partial charge in [0.2, 0.25) is 5.88 Å². The molecule has 1 atom stereocenters. The first-order valence-corrected chi connectivity index (χ1v) is 6.50. The van der Waals surface area contributed by atoms with Crippen LogP contribution < -0.4 is 15.8 Å². The summed E-state index contributed by atoms with van der Waals surface area (Å²) in [5, 5.41) is 2.92. The molecule has 0 amide bonds. The van der Waals surface area contributed by atoms with E-state index < -0.39 is 12.8 Å². The number of pyridine rings is 1. The zero-order valence-corrected chi connectivity index (χ0v) is 15.1. The van der Waals surface area contributed by atoms with E-state index in [1.165, 1.54) is 12.3 Å². The first kappa shape index (κ1) is 21.7. The van der Waals surface area contributed by atoms with Crippen LogP contribution in [0.2, 0.25) is 0 Å². The van der Waals surface area contributed by atoms with Gasteiger partial charge >= 0.3 is 6.18 Å². The van der Waals surface area contributed by atoms with Crippen molar-refractivity contribution in [1.82, 2.24) is 10.3 Å². The van der Waals surface area contributed by atoms with Gasteiger partial charge in [-0.2, -0.15) is 13.2 Å². The number of nitrogens with two attached hydrogens (primary N) is 1. The Morgan fingerprint density at radius 3 is 2.78 bits per heavy atom. The molecule has 0 bridgehead atoms. The van der Waals surface area contributed by atoms with Gasteiger partial charge in [-0.05, 0) is 18.6 Å². The maximum atomic E-state index is 12.1. The lowest BCUT2D eigenvalue weighted by atomic mass is 10.3. The summed E-state index contributed by atoms with van der Waals surface area (Å²) in [7, 11) is 1.57. The molecule has 0 aliphatic carbocycles. The van der Waals surface area contributed by atoms with E-state index in [-0.39, 0.29) is 48.4 Å². The summed E-state index contributed by atoms with van der Waals surface area (Å²) < 4.78 is 45.7. The van der Waals surface area contributed by atoms with Crippen molar-refractivity contribution in [1.29, 1.82) is 0 Å². The van der Waals surface area contributed by atoms with Crippen molar-refractivity contribution in [2.24, 2.45) is 10.7 Å². The van der Waals surface area contributed by atoms with Gasteiger partial charge in [-0.15, -0.1) is 24.0 Å². The predicted molar refractivity (Wildman–Crippen MR) is 91.0 cm³/mol. The molecule has 1 rings (SSSR count). The highest BCUT2D eigenvalue weighted by Crippen LogP contribution is 2.17.